The molecule has 1 aromatic rings. The van der Waals surface area contributed by atoms with Crippen LogP contribution in [0.15, 0.2) is 16.5 Å². The summed E-state index contributed by atoms with van der Waals surface area (Å²) in [7, 11) is 0. The number of hydrogen-bond acceptors (Lipinski definition) is 4. The van der Waals surface area contributed by atoms with E-state index in [0.717, 1.165) is 0 Å². The molecule has 0 aromatic carbocycles. The van der Waals surface area contributed by atoms with Gasteiger partial charge < -0.3 is 14.9 Å². The standard InChI is InChI=1S/C10H13F2NO3.ClH/c1-3-15-9(14)10(11,12)8(13)7-5-4-6(2)16-7;/h4-5,8H,3,13H2,1-2H3;1H/t8-;/m0./s1. The Kier molecular flexibility index (Phi) is 5.57. The van der Waals surface area contributed by atoms with Gasteiger partial charge in [-0.05, 0) is 26.0 Å². The molecule has 0 bridgehead atoms. The van der Waals surface area contributed by atoms with Crippen LogP contribution in [0.25, 0.3) is 0 Å². The van der Waals surface area contributed by atoms with Gasteiger partial charge in [-0.2, -0.15) is 8.78 Å². The van der Waals surface area contributed by atoms with Gasteiger partial charge in [0.15, 0.2) is 0 Å². The number of ether oxygens (including phenoxy) is 1. The van der Waals surface area contributed by atoms with E-state index in [-0.39, 0.29) is 24.8 Å². The minimum absolute atomic E-state index is 0. The second-order valence-electron chi connectivity index (χ2n) is 3.27. The number of hydrogen-bond donors (Lipinski definition) is 1. The number of carbonyl (C=O) groups excluding carboxylic acids is 1. The SMILES string of the molecule is CCOC(=O)C(F)(F)[C@@H](N)c1ccc(C)o1.Cl. The second kappa shape index (κ2) is 5.97. The van der Waals surface area contributed by atoms with Gasteiger partial charge in [0.2, 0.25) is 0 Å². The molecule has 1 heterocycles. The Morgan fingerprint density at radius 3 is 2.59 bits per heavy atom. The fraction of sp³-hybridized carbons (Fsp3) is 0.500. The van der Waals surface area contributed by atoms with E-state index in [1.807, 2.05) is 0 Å². The molecule has 7 heteroatoms. The Hall–Kier alpha value is -1.14. The molecule has 4 nitrogen and oxygen atoms in total. The highest BCUT2D eigenvalue weighted by Crippen LogP contribution is 2.31. The van der Waals surface area contributed by atoms with Crippen molar-refractivity contribution >= 4 is 18.4 Å². The predicted octanol–water partition coefficient (Wildman–Crippen LogP) is 2.21. The summed E-state index contributed by atoms with van der Waals surface area (Å²) in [6.45, 7) is 2.91. The van der Waals surface area contributed by atoms with Gasteiger partial charge in [-0.3, -0.25) is 0 Å². The maximum Gasteiger partial charge on any atom is 0.379 e. The fourth-order valence-corrected chi connectivity index (χ4v) is 1.15. The molecule has 1 aromatic heterocycles. The van der Waals surface area contributed by atoms with Gasteiger partial charge in [-0.25, -0.2) is 4.79 Å². The lowest BCUT2D eigenvalue weighted by Gasteiger charge is -2.19. The topological polar surface area (TPSA) is 65.5 Å². The van der Waals surface area contributed by atoms with Crippen molar-refractivity contribution in [2.75, 3.05) is 6.61 Å². The molecule has 1 rings (SSSR count). The summed E-state index contributed by atoms with van der Waals surface area (Å²) in [6, 6.07) is 0.976. The predicted molar refractivity (Wildman–Crippen MR) is 59.2 cm³/mol. The Balaban J connectivity index is 0.00000256. The van der Waals surface area contributed by atoms with E-state index in [2.05, 4.69) is 4.74 Å². The normalized spacial score (nSPS) is 12.8. The van der Waals surface area contributed by atoms with Gasteiger partial charge in [0.25, 0.3) is 0 Å². The second-order valence-corrected chi connectivity index (χ2v) is 3.27. The first kappa shape index (κ1) is 15.9. The summed E-state index contributed by atoms with van der Waals surface area (Å²) >= 11 is 0. The molecule has 0 saturated carbocycles. The largest absolute Gasteiger partial charge is 0.464 e. The van der Waals surface area contributed by atoms with E-state index in [1.54, 1.807) is 6.92 Å². The Bertz CT molecular complexity index is 381. The van der Waals surface area contributed by atoms with Crippen molar-refractivity contribution in [3.63, 3.8) is 0 Å². The van der Waals surface area contributed by atoms with Crippen LogP contribution in [0.2, 0.25) is 0 Å². The lowest BCUT2D eigenvalue weighted by atomic mass is 10.1. The zero-order chi connectivity index (χ0) is 12.3. The van der Waals surface area contributed by atoms with Crippen molar-refractivity contribution in [3.8, 4) is 0 Å². The average molecular weight is 270 g/mol. The first-order valence-electron chi connectivity index (χ1n) is 4.76. The van der Waals surface area contributed by atoms with E-state index in [9.17, 15) is 13.6 Å². The van der Waals surface area contributed by atoms with E-state index in [4.69, 9.17) is 10.2 Å². The monoisotopic (exact) mass is 269 g/mol. The van der Waals surface area contributed by atoms with Gasteiger partial charge in [-0.1, -0.05) is 0 Å². The quantitative estimate of drug-likeness (QED) is 0.851. The fourth-order valence-electron chi connectivity index (χ4n) is 1.15. The molecule has 0 aliphatic heterocycles. The molecular formula is C10H14ClF2NO3. The van der Waals surface area contributed by atoms with Crippen LogP contribution in [0.3, 0.4) is 0 Å². The lowest BCUT2D eigenvalue weighted by Crippen LogP contribution is -2.41. The zero-order valence-corrected chi connectivity index (χ0v) is 10.2. The minimum Gasteiger partial charge on any atom is -0.464 e. The maximum atomic E-state index is 13.4. The van der Waals surface area contributed by atoms with Crippen LogP contribution in [-0.4, -0.2) is 18.5 Å². The van der Waals surface area contributed by atoms with Crippen molar-refractivity contribution in [1.82, 2.24) is 0 Å². The van der Waals surface area contributed by atoms with E-state index in [1.165, 1.54) is 19.1 Å². The van der Waals surface area contributed by atoms with Crippen molar-refractivity contribution < 1.29 is 22.7 Å². The Labute approximate surface area is 104 Å². The summed E-state index contributed by atoms with van der Waals surface area (Å²) in [5.41, 5.74) is 5.27. The van der Waals surface area contributed by atoms with Gasteiger partial charge in [-0.15, -0.1) is 12.4 Å². The van der Waals surface area contributed by atoms with Crippen molar-refractivity contribution in [1.29, 1.82) is 0 Å². The summed E-state index contributed by atoms with van der Waals surface area (Å²) in [5, 5.41) is 0. The van der Waals surface area contributed by atoms with E-state index < -0.39 is 17.9 Å². The van der Waals surface area contributed by atoms with Crippen LogP contribution in [0, 0.1) is 6.92 Å². The molecule has 98 valence electrons. The summed E-state index contributed by atoms with van der Waals surface area (Å²) < 4.78 is 36.1. The molecule has 0 aliphatic rings. The molecule has 0 aliphatic carbocycles. The Morgan fingerprint density at radius 2 is 2.18 bits per heavy atom. The van der Waals surface area contributed by atoms with Gasteiger partial charge in [0.1, 0.15) is 17.6 Å². The first-order valence-corrected chi connectivity index (χ1v) is 4.76. The highest BCUT2D eigenvalue weighted by molar-refractivity contribution is 5.85. The minimum atomic E-state index is -3.79. The molecule has 17 heavy (non-hydrogen) atoms. The molecule has 0 amide bonds. The smallest absolute Gasteiger partial charge is 0.379 e. The van der Waals surface area contributed by atoms with E-state index in [0.29, 0.717) is 5.76 Å². The summed E-state index contributed by atoms with van der Waals surface area (Å²) in [4.78, 5) is 11.0. The number of aryl methyl sites for hydroxylation is 1. The Morgan fingerprint density at radius 1 is 1.59 bits per heavy atom. The number of halogens is 3. The third kappa shape index (κ3) is 3.41. The molecule has 0 spiro atoms. The van der Waals surface area contributed by atoms with Crippen LogP contribution in [0.5, 0.6) is 0 Å². The highest BCUT2D eigenvalue weighted by atomic mass is 35.5. The van der Waals surface area contributed by atoms with Gasteiger partial charge in [0, 0.05) is 0 Å². The molecule has 0 fully saturated rings. The van der Waals surface area contributed by atoms with E-state index >= 15 is 0 Å². The van der Waals surface area contributed by atoms with Crippen molar-refractivity contribution in [3.05, 3.63) is 23.7 Å². The first-order chi connectivity index (χ1) is 7.39. The van der Waals surface area contributed by atoms with Crippen LogP contribution >= 0.6 is 12.4 Å². The summed E-state index contributed by atoms with van der Waals surface area (Å²) in [6.07, 6.45) is 0. The molecule has 1 atom stereocenters. The van der Waals surface area contributed by atoms with Crippen LogP contribution in [0.4, 0.5) is 8.78 Å². The number of furan rings is 1. The lowest BCUT2D eigenvalue weighted by molar-refractivity contribution is -0.175. The average Bonchev–Trinajstić information content (AvgIpc) is 2.64. The summed E-state index contributed by atoms with van der Waals surface area (Å²) in [5.74, 6) is -5.13. The van der Waals surface area contributed by atoms with Crippen LogP contribution in [-0.2, 0) is 9.53 Å². The molecule has 0 radical (unpaired) electrons. The number of rotatable bonds is 4. The number of nitrogens with two attached hydrogens (primary N) is 1. The molecule has 0 saturated heterocycles. The third-order valence-corrected chi connectivity index (χ3v) is 2.01. The molecule has 2 N–H and O–H groups in total. The number of esters is 1. The van der Waals surface area contributed by atoms with Gasteiger partial charge >= 0.3 is 11.9 Å². The molecular weight excluding hydrogens is 256 g/mol. The third-order valence-electron chi connectivity index (χ3n) is 2.01. The highest BCUT2D eigenvalue weighted by Gasteiger charge is 2.49. The maximum absolute atomic E-state index is 13.4. The van der Waals surface area contributed by atoms with Crippen LogP contribution in [0.1, 0.15) is 24.5 Å². The van der Waals surface area contributed by atoms with Gasteiger partial charge in [0.05, 0.1) is 6.61 Å². The zero-order valence-electron chi connectivity index (χ0n) is 9.41. The van der Waals surface area contributed by atoms with Crippen molar-refractivity contribution in [2.24, 2.45) is 5.73 Å². The van der Waals surface area contributed by atoms with Crippen LogP contribution < -0.4 is 5.73 Å². The number of alkyl halides is 2. The van der Waals surface area contributed by atoms with Crippen molar-refractivity contribution in [2.45, 2.75) is 25.8 Å². The number of carbonyl (C=O) groups is 1. The molecule has 0 unspecified atom stereocenters.